The van der Waals surface area contributed by atoms with E-state index in [0.29, 0.717) is 39.0 Å². The number of nitrogens with zero attached hydrogens (tertiary/aromatic N) is 4. The molecule has 6 rings (SSSR count). The van der Waals surface area contributed by atoms with Crippen LogP contribution in [0.1, 0.15) is 64.3 Å². The summed E-state index contributed by atoms with van der Waals surface area (Å²) < 4.78 is 20.3. The van der Waals surface area contributed by atoms with E-state index in [4.69, 9.17) is 19.2 Å². The Balaban J connectivity index is 1.49. The van der Waals surface area contributed by atoms with Crippen LogP contribution in [-0.2, 0) is 36.8 Å². The number of rotatable bonds is 4. The molecule has 2 fully saturated rings. The number of morpholine rings is 1. The molecule has 3 radical (unpaired) electrons. The van der Waals surface area contributed by atoms with Crippen LogP contribution in [0.15, 0.2) is 36.5 Å². The Morgan fingerprint density at radius 3 is 2.83 bits per heavy atom. The summed E-state index contributed by atoms with van der Waals surface area (Å²) >= 11 is 0. The van der Waals surface area contributed by atoms with E-state index in [1.54, 1.807) is 12.1 Å². The van der Waals surface area contributed by atoms with Crippen LogP contribution in [-0.4, -0.2) is 88.8 Å². The van der Waals surface area contributed by atoms with Crippen molar-refractivity contribution in [3.63, 3.8) is 0 Å². The average Bonchev–Trinajstić information content (AvgIpc) is 3.37. The molecule has 11 heteroatoms. The van der Waals surface area contributed by atoms with Gasteiger partial charge in [-0.1, -0.05) is 13.8 Å². The molecule has 1 N–H and O–H groups in total. The van der Waals surface area contributed by atoms with E-state index in [0.717, 1.165) is 47.7 Å². The molecule has 245 valence electrons. The first-order valence-electron chi connectivity index (χ1n) is 16.5. The molecular formula is C35H46N5O5Si. The van der Waals surface area contributed by atoms with Gasteiger partial charge in [0.15, 0.2) is 0 Å². The maximum Gasteiger partial charge on any atom is 0.324 e. The molecule has 10 nitrogen and oxygen atoms in total. The van der Waals surface area contributed by atoms with Crippen molar-refractivity contribution in [3.8, 4) is 11.3 Å². The van der Waals surface area contributed by atoms with Gasteiger partial charge in [0.25, 0.3) is 0 Å². The minimum atomic E-state index is -0.568. The van der Waals surface area contributed by atoms with Gasteiger partial charge in [0.1, 0.15) is 6.04 Å². The van der Waals surface area contributed by atoms with E-state index in [2.05, 4.69) is 70.2 Å². The SMILES string of the molecule is CCn1c(-c2cccnc2[C@H](C)OC)c2c3cc(ccc31)N1CCO[C@@H](C[C@H]([Si])C(=O)N3CCC[C@H](N3)C(=O)OCC(C)(C)C2)C1. The lowest BCUT2D eigenvalue weighted by molar-refractivity contribution is -0.154. The molecule has 46 heavy (non-hydrogen) atoms. The fraction of sp³-hybridized carbons (Fsp3) is 0.571. The first kappa shape index (κ1) is 32.7. The van der Waals surface area contributed by atoms with Crippen LogP contribution < -0.4 is 10.3 Å². The van der Waals surface area contributed by atoms with Crippen LogP contribution in [0.3, 0.4) is 0 Å². The molecule has 1 aromatic carbocycles. The summed E-state index contributed by atoms with van der Waals surface area (Å²) in [5, 5.41) is 2.75. The molecule has 0 saturated carbocycles. The van der Waals surface area contributed by atoms with E-state index < -0.39 is 11.6 Å². The number of aryl methyl sites for hydroxylation is 1. The second kappa shape index (κ2) is 13.5. The summed E-state index contributed by atoms with van der Waals surface area (Å²) in [4.78, 5) is 33.9. The van der Waals surface area contributed by atoms with E-state index in [-0.39, 0.29) is 36.1 Å². The number of fused-ring (bicyclic) bond motifs is 6. The largest absolute Gasteiger partial charge is 0.464 e. The molecule has 0 spiro atoms. The van der Waals surface area contributed by atoms with Gasteiger partial charge in [0.2, 0.25) is 5.91 Å². The van der Waals surface area contributed by atoms with E-state index in [9.17, 15) is 9.59 Å². The monoisotopic (exact) mass is 644 g/mol. The molecule has 1 amide bonds. The van der Waals surface area contributed by atoms with Gasteiger partial charge >= 0.3 is 5.97 Å². The maximum atomic E-state index is 13.4. The molecule has 3 aliphatic heterocycles. The van der Waals surface area contributed by atoms with Crippen LogP contribution in [0.2, 0.25) is 5.54 Å². The molecule has 2 aromatic heterocycles. The summed E-state index contributed by atoms with van der Waals surface area (Å²) in [6.45, 7) is 12.1. The third-order valence-corrected chi connectivity index (χ3v) is 10.1. The number of cyclic esters (lactones) is 1. The van der Waals surface area contributed by atoms with Gasteiger partial charge in [-0.3, -0.25) is 19.6 Å². The van der Waals surface area contributed by atoms with Gasteiger partial charge in [-0.2, -0.15) is 0 Å². The van der Waals surface area contributed by atoms with Crippen molar-refractivity contribution in [2.24, 2.45) is 5.41 Å². The number of aromatic nitrogens is 2. The van der Waals surface area contributed by atoms with Gasteiger partial charge in [-0.25, -0.2) is 5.43 Å². The van der Waals surface area contributed by atoms with Crippen LogP contribution in [0.5, 0.6) is 0 Å². The summed E-state index contributed by atoms with van der Waals surface area (Å²) in [6, 6.07) is 10.3. The highest BCUT2D eigenvalue weighted by Gasteiger charge is 2.35. The number of hydrogen-bond acceptors (Lipinski definition) is 8. The summed E-state index contributed by atoms with van der Waals surface area (Å²) in [7, 11) is 5.42. The number of esters is 1. The zero-order chi connectivity index (χ0) is 32.6. The van der Waals surface area contributed by atoms with Gasteiger partial charge in [-0.15, -0.1) is 0 Å². The van der Waals surface area contributed by atoms with Crippen molar-refractivity contribution < 1.29 is 23.8 Å². The second-order valence-corrected chi connectivity index (χ2v) is 14.3. The molecule has 5 heterocycles. The topological polar surface area (TPSA) is 98.2 Å². The standard InChI is InChI=1S/C35H46N5O5Si/c1-6-39-29-12-11-23-17-26(29)27(32(39)25-9-7-13-36-31(25)22(2)43-5)19-35(3,4)21-45-34(42)28-10-8-14-40(37-28)33(41)30(46)18-24-20-38(23)15-16-44-24/h7,9,11-13,17,22,24,28,30,37H,6,8,10,14-16,18-21H2,1-5H3/t22-,24-,28-,30-/m0/s1. The Morgan fingerprint density at radius 2 is 2.04 bits per heavy atom. The van der Waals surface area contributed by atoms with Crippen LogP contribution in [0.4, 0.5) is 5.69 Å². The Kier molecular flexibility index (Phi) is 9.57. The van der Waals surface area contributed by atoms with Gasteiger partial charge in [0.05, 0.1) is 36.8 Å². The number of benzene rings is 1. The normalized spacial score (nSPS) is 24.9. The fourth-order valence-corrected chi connectivity index (χ4v) is 7.56. The lowest BCUT2D eigenvalue weighted by Gasteiger charge is -2.38. The lowest BCUT2D eigenvalue weighted by Crippen LogP contribution is -2.56. The maximum absolute atomic E-state index is 13.4. The number of anilines is 1. The Hall–Kier alpha value is -3.25. The van der Waals surface area contributed by atoms with Crippen LogP contribution in [0.25, 0.3) is 22.2 Å². The van der Waals surface area contributed by atoms with Gasteiger partial charge in [-0.05, 0) is 75.4 Å². The van der Waals surface area contributed by atoms with Gasteiger partial charge in [0, 0.05) is 82.8 Å². The molecule has 4 atom stereocenters. The first-order chi connectivity index (χ1) is 22.1. The highest BCUT2D eigenvalue weighted by atomic mass is 28.1. The molecule has 0 unspecified atom stereocenters. The van der Waals surface area contributed by atoms with Crippen molar-refractivity contribution >= 4 is 38.7 Å². The third-order valence-electron chi connectivity index (χ3n) is 9.60. The number of carbonyl (C=O) groups excluding carboxylic acids is 2. The number of ether oxygens (including phenoxy) is 3. The predicted molar refractivity (Wildman–Crippen MR) is 179 cm³/mol. The van der Waals surface area contributed by atoms with Crippen LogP contribution in [0, 0.1) is 5.41 Å². The predicted octanol–water partition coefficient (Wildman–Crippen LogP) is 4.60. The van der Waals surface area contributed by atoms with Crippen LogP contribution >= 0.6 is 0 Å². The average molecular weight is 645 g/mol. The number of methoxy groups -OCH3 is 1. The van der Waals surface area contributed by atoms with E-state index in [1.165, 1.54) is 10.9 Å². The number of hydrogen-bond donors (Lipinski definition) is 1. The molecule has 0 aliphatic carbocycles. The van der Waals surface area contributed by atoms with Gasteiger partial charge < -0.3 is 23.7 Å². The Morgan fingerprint density at radius 1 is 1.22 bits per heavy atom. The zero-order valence-electron chi connectivity index (χ0n) is 27.7. The number of carbonyl (C=O) groups is 2. The molecular weight excluding hydrogens is 599 g/mol. The second-order valence-electron chi connectivity index (χ2n) is 13.6. The fourth-order valence-electron chi connectivity index (χ4n) is 7.14. The Bertz CT molecular complexity index is 1590. The summed E-state index contributed by atoms with van der Waals surface area (Å²) in [6.07, 6.45) is 4.06. The van der Waals surface area contributed by atoms with E-state index >= 15 is 0 Å². The highest BCUT2D eigenvalue weighted by molar-refractivity contribution is 6.23. The van der Waals surface area contributed by atoms with E-state index in [1.807, 2.05) is 19.2 Å². The summed E-state index contributed by atoms with van der Waals surface area (Å²) in [5.74, 6) is -0.418. The van der Waals surface area contributed by atoms with Crippen molar-refractivity contribution in [1.29, 1.82) is 0 Å². The quantitative estimate of drug-likeness (QED) is 0.325. The molecule has 3 aliphatic rings. The lowest BCUT2D eigenvalue weighted by atomic mass is 9.84. The van der Waals surface area contributed by atoms with Crippen molar-refractivity contribution in [1.82, 2.24) is 20.0 Å². The third kappa shape index (κ3) is 6.47. The zero-order valence-corrected chi connectivity index (χ0v) is 28.7. The van der Waals surface area contributed by atoms with Crippen molar-refractivity contribution in [3.05, 3.63) is 47.8 Å². The number of pyridine rings is 1. The van der Waals surface area contributed by atoms with Crippen molar-refractivity contribution in [2.75, 3.05) is 44.9 Å². The molecule has 6 bridgehead atoms. The number of amides is 1. The number of hydrazine groups is 1. The minimum absolute atomic E-state index is 0.0894. The highest BCUT2D eigenvalue weighted by Crippen LogP contribution is 2.42. The molecule has 3 aromatic rings. The Labute approximate surface area is 275 Å². The molecule has 2 saturated heterocycles. The smallest absolute Gasteiger partial charge is 0.324 e. The summed E-state index contributed by atoms with van der Waals surface area (Å²) in [5.41, 5.74) is 8.88. The minimum Gasteiger partial charge on any atom is -0.464 e. The first-order valence-corrected chi connectivity index (χ1v) is 17.1. The van der Waals surface area contributed by atoms with Crippen molar-refractivity contribution in [2.45, 2.75) is 83.7 Å². The number of nitrogens with one attached hydrogen (secondary N) is 1.